The SMILES string of the molecule is Cn1ccc2cc(F)c(I)cc21. The molecule has 1 heterocycles. The molecule has 2 aromatic rings. The smallest absolute Gasteiger partial charge is 0.137 e. The number of aromatic nitrogens is 1. The lowest BCUT2D eigenvalue weighted by molar-refractivity contribution is 0.622. The van der Waals surface area contributed by atoms with Gasteiger partial charge in [0, 0.05) is 24.1 Å². The molecule has 0 aliphatic carbocycles. The molecule has 0 aliphatic heterocycles. The van der Waals surface area contributed by atoms with E-state index in [2.05, 4.69) is 0 Å². The molecule has 0 saturated carbocycles. The average Bonchev–Trinajstić information content (AvgIpc) is 2.35. The zero-order valence-electron chi connectivity index (χ0n) is 6.51. The second kappa shape index (κ2) is 2.73. The van der Waals surface area contributed by atoms with Gasteiger partial charge in [0.15, 0.2) is 0 Å². The van der Waals surface area contributed by atoms with Gasteiger partial charge in [-0.25, -0.2) is 4.39 Å². The van der Waals surface area contributed by atoms with Crippen molar-refractivity contribution in [2.45, 2.75) is 0 Å². The van der Waals surface area contributed by atoms with Gasteiger partial charge in [-0.15, -0.1) is 0 Å². The van der Waals surface area contributed by atoms with E-state index >= 15 is 0 Å². The molecule has 0 unspecified atom stereocenters. The quantitative estimate of drug-likeness (QED) is 0.651. The first-order valence-corrected chi connectivity index (χ1v) is 4.66. The molecule has 0 fully saturated rings. The summed E-state index contributed by atoms with van der Waals surface area (Å²) in [5, 5.41) is 0.954. The highest BCUT2D eigenvalue weighted by Gasteiger charge is 2.03. The summed E-state index contributed by atoms with van der Waals surface area (Å²) < 4.78 is 15.7. The Morgan fingerprint density at radius 1 is 1.42 bits per heavy atom. The number of benzene rings is 1. The molecule has 0 saturated heterocycles. The lowest BCUT2D eigenvalue weighted by Gasteiger charge is -1.97. The first kappa shape index (κ1) is 8.04. The van der Waals surface area contributed by atoms with Crippen molar-refractivity contribution in [2.24, 2.45) is 7.05 Å². The standard InChI is InChI=1S/C9H7FIN/c1-12-3-2-6-4-7(10)8(11)5-9(6)12/h2-5H,1H3. The molecular weight excluding hydrogens is 268 g/mol. The van der Waals surface area contributed by atoms with Crippen LogP contribution in [0, 0.1) is 9.39 Å². The van der Waals surface area contributed by atoms with Crippen LogP contribution >= 0.6 is 22.6 Å². The summed E-state index contributed by atoms with van der Waals surface area (Å²) in [7, 11) is 1.95. The van der Waals surface area contributed by atoms with Crippen LogP contribution < -0.4 is 0 Å². The first-order chi connectivity index (χ1) is 5.68. The van der Waals surface area contributed by atoms with Crippen LogP contribution in [0.15, 0.2) is 24.4 Å². The molecule has 0 aliphatic rings. The van der Waals surface area contributed by atoms with Crippen molar-refractivity contribution in [3.8, 4) is 0 Å². The monoisotopic (exact) mass is 275 g/mol. The van der Waals surface area contributed by atoms with E-state index < -0.39 is 0 Å². The predicted octanol–water partition coefficient (Wildman–Crippen LogP) is 2.92. The number of halogens is 2. The van der Waals surface area contributed by atoms with Gasteiger partial charge in [-0.3, -0.25) is 0 Å². The summed E-state index contributed by atoms with van der Waals surface area (Å²) >= 11 is 2.00. The largest absolute Gasteiger partial charge is 0.351 e. The topological polar surface area (TPSA) is 4.93 Å². The van der Waals surface area contributed by atoms with Crippen LogP contribution in [0.25, 0.3) is 10.9 Å². The number of hydrogen-bond acceptors (Lipinski definition) is 0. The van der Waals surface area contributed by atoms with E-state index in [1.165, 1.54) is 0 Å². The van der Waals surface area contributed by atoms with Gasteiger partial charge in [0.1, 0.15) is 5.82 Å². The molecule has 3 heteroatoms. The van der Waals surface area contributed by atoms with E-state index in [9.17, 15) is 4.39 Å². The predicted molar refractivity (Wildman–Crippen MR) is 55.6 cm³/mol. The molecule has 1 aromatic heterocycles. The average molecular weight is 275 g/mol. The molecule has 0 N–H and O–H groups in total. The molecule has 0 amide bonds. The van der Waals surface area contributed by atoms with Crippen LogP contribution in [0.2, 0.25) is 0 Å². The number of hydrogen-bond donors (Lipinski definition) is 0. The van der Waals surface area contributed by atoms with Crippen LogP contribution in [-0.4, -0.2) is 4.57 Å². The van der Waals surface area contributed by atoms with E-state index in [0.717, 1.165) is 10.9 Å². The highest BCUT2D eigenvalue weighted by atomic mass is 127. The van der Waals surface area contributed by atoms with Crippen molar-refractivity contribution in [1.29, 1.82) is 0 Å². The summed E-state index contributed by atoms with van der Waals surface area (Å²) in [5.41, 5.74) is 1.07. The van der Waals surface area contributed by atoms with E-state index in [4.69, 9.17) is 0 Å². The van der Waals surface area contributed by atoms with Crippen LogP contribution in [0.4, 0.5) is 4.39 Å². The fourth-order valence-electron chi connectivity index (χ4n) is 1.26. The molecule has 0 radical (unpaired) electrons. The van der Waals surface area contributed by atoms with Crippen LogP contribution in [0.1, 0.15) is 0 Å². The fraction of sp³-hybridized carbons (Fsp3) is 0.111. The van der Waals surface area contributed by atoms with E-state index in [1.54, 1.807) is 6.07 Å². The van der Waals surface area contributed by atoms with E-state index in [1.807, 2.05) is 52.5 Å². The van der Waals surface area contributed by atoms with Gasteiger partial charge < -0.3 is 4.57 Å². The van der Waals surface area contributed by atoms with Crippen LogP contribution in [0.3, 0.4) is 0 Å². The Balaban J connectivity index is 2.87. The molecule has 0 bridgehead atoms. The third-order valence-electron chi connectivity index (χ3n) is 1.93. The zero-order chi connectivity index (χ0) is 8.72. The Morgan fingerprint density at radius 2 is 2.17 bits per heavy atom. The summed E-state index contributed by atoms with van der Waals surface area (Å²) in [6.45, 7) is 0. The van der Waals surface area contributed by atoms with Crippen LogP contribution in [-0.2, 0) is 7.05 Å². The highest BCUT2D eigenvalue weighted by molar-refractivity contribution is 14.1. The maximum absolute atomic E-state index is 13.0. The van der Waals surface area contributed by atoms with Crippen molar-refractivity contribution in [3.63, 3.8) is 0 Å². The minimum absolute atomic E-state index is 0.144. The number of nitrogens with zero attached hydrogens (tertiary/aromatic N) is 1. The fourth-order valence-corrected chi connectivity index (χ4v) is 1.71. The van der Waals surface area contributed by atoms with Crippen molar-refractivity contribution in [3.05, 3.63) is 33.8 Å². The van der Waals surface area contributed by atoms with Gasteiger partial charge in [-0.2, -0.15) is 0 Å². The summed E-state index contributed by atoms with van der Waals surface area (Å²) in [4.78, 5) is 0. The lowest BCUT2D eigenvalue weighted by Crippen LogP contribution is -1.86. The summed E-state index contributed by atoms with van der Waals surface area (Å²) in [6.07, 6.45) is 1.93. The Labute approximate surface area is 83.3 Å². The molecule has 2 rings (SSSR count). The lowest BCUT2D eigenvalue weighted by atomic mass is 10.2. The van der Waals surface area contributed by atoms with Crippen molar-refractivity contribution in [2.75, 3.05) is 0 Å². The minimum Gasteiger partial charge on any atom is -0.351 e. The molecule has 62 valence electrons. The second-order valence-electron chi connectivity index (χ2n) is 2.75. The van der Waals surface area contributed by atoms with Crippen molar-refractivity contribution >= 4 is 33.5 Å². The Hall–Kier alpha value is -0.580. The third kappa shape index (κ3) is 1.12. The van der Waals surface area contributed by atoms with Gasteiger partial charge in [0.2, 0.25) is 0 Å². The van der Waals surface area contributed by atoms with Gasteiger partial charge >= 0.3 is 0 Å². The van der Waals surface area contributed by atoms with E-state index in [0.29, 0.717) is 3.57 Å². The summed E-state index contributed by atoms with van der Waals surface area (Å²) in [5.74, 6) is -0.144. The highest BCUT2D eigenvalue weighted by Crippen LogP contribution is 2.20. The maximum atomic E-state index is 13.0. The van der Waals surface area contributed by atoms with Crippen LogP contribution in [0.5, 0.6) is 0 Å². The van der Waals surface area contributed by atoms with Gasteiger partial charge in [-0.05, 0) is 40.8 Å². The van der Waals surface area contributed by atoms with Gasteiger partial charge in [0.25, 0.3) is 0 Å². The van der Waals surface area contributed by atoms with Crippen molar-refractivity contribution in [1.82, 2.24) is 4.57 Å². The van der Waals surface area contributed by atoms with E-state index in [-0.39, 0.29) is 5.82 Å². The third-order valence-corrected chi connectivity index (χ3v) is 2.75. The molecule has 1 nitrogen and oxygen atoms in total. The number of rotatable bonds is 0. The Kier molecular flexibility index (Phi) is 1.83. The van der Waals surface area contributed by atoms with Crippen molar-refractivity contribution < 1.29 is 4.39 Å². The van der Waals surface area contributed by atoms with Gasteiger partial charge in [0.05, 0.1) is 3.57 Å². The second-order valence-corrected chi connectivity index (χ2v) is 3.91. The van der Waals surface area contributed by atoms with Gasteiger partial charge in [-0.1, -0.05) is 0 Å². The Morgan fingerprint density at radius 3 is 2.92 bits per heavy atom. The number of aryl methyl sites for hydroxylation is 1. The molecule has 0 spiro atoms. The summed E-state index contributed by atoms with van der Waals surface area (Å²) in [6, 6.07) is 5.33. The molecule has 1 aromatic carbocycles. The maximum Gasteiger partial charge on any atom is 0.137 e. The number of fused-ring (bicyclic) bond motifs is 1. The minimum atomic E-state index is -0.144. The normalized spacial score (nSPS) is 10.9. The Bertz CT molecular complexity index is 433. The first-order valence-electron chi connectivity index (χ1n) is 3.58. The molecule has 12 heavy (non-hydrogen) atoms. The zero-order valence-corrected chi connectivity index (χ0v) is 8.67. The molecular formula is C9H7FIN. The molecule has 0 atom stereocenters.